The van der Waals surface area contributed by atoms with Gasteiger partial charge >= 0.3 is 0 Å². The van der Waals surface area contributed by atoms with E-state index >= 15 is 0 Å². The predicted molar refractivity (Wildman–Crippen MR) is 43.0 cm³/mol. The standard InChI is InChI=1S/C8H12F2N2O/c1-8(2,5-11)7(13)12(3)4-6(9)10/h6H,4H2,1-3H3. The van der Waals surface area contributed by atoms with Gasteiger partial charge in [0.25, 0.3) is 6.43 Å². The fourth-order valence-corrected chi connectivity index (χ4v) is 0.815. The highest BCUT2D eigenvalue weighted by atomic mass is 19.3. The molecule has 0 N–H and O–H groups in total. The van der Waals surface area contributed by atoms with Crippen molar-refractivity contribution in [3.05, 3.63) is 0 Å². The molecule has 0 bridgehead atoms. The van der Waals surface area contributed by atoms with Crippen LogP contribution >= 0.6 is 0 Å². The Hall–Kier alpha value is -1.18. The summed E-state index contributed by atoms with van der Waals surface area (Å²) >= 11 is 0. The summed E-state index contributed by atoms with van der Waals surface area (Å²) in [6.45, 7) is 2.17. The molecule has 0 heterocycles. The molecule has 3 nitrogen and oxygen atoms in total. The minimum atomic E-state index is -2.57. The van der Waals surface area contributed by atoms with Crippen LogP contribution in [0.15, 0.2) is 0 Å². The Morgan fingerprint density at radius 3 is 2.38 bits per heavy atom. The quantitative estimate of drug-likeness (QED) is 0.672. The molecule has 0 saturated heterocycles. The SMILES string of the molecule is CN(CC(F)F)C(=O)C(C)(C)C#N. The van der Waals surface area contributed by atoms with Crippen molar-refractivity contribution >= 4 is 5.91 Å². The van der Waals surface area contributed by atoms with E-state index in [4.69, 9.17) is 5.26 Å². The molecule has 13 heavy (non-hydrogen) atoms. The van der Waals surface area contributed by atoms with E-state index < -0.39 is 24.3 Å². The van der Waals surface area contributed by atoms with Crippen LogP contribution in [0.4, 0.5) is 8.78 Å². The van der Waals surface area contributed by atoms with Crippen LogP contribution < -0.4 is 0 Å². The van der Waals surface area contributed by atoms with E-state index in [0.29, 0.717) is 0 Å². The average molecular weight is 190 g/mol. The number of alkyl halides is 2. The second-order valence-electron chi connectivity index (χ2n) is 3.31. The van der Waals surface area contributed by atoms with Gasteiger partial charge in [0.2, 0.25) is 5.91 Å². The molecule has 0 saturated carbocycles. The third-order valence-electron chi connectivity index (χ3n) is 1.57. The Labute approximate surface area is 75.9 Å². The van der Waals surface area contributed by atoms with Gasteiger partial charge in [0.1, 0.15) is 5.41 Å². The van der Waals surface area contributed by atoms with Crippen LogP contribution in [0, 0.1) is 16.7 Å². The summed E-state index contributed by atoms with van der Waals surface area (Å²) < 4.78 is 23.7. The molecular weight excluding hydrogens is 178 g/mol. The lowest BCUT2D eigenvalue weighted by atomic mass is 9.94. The van der Waals surface area contributed by atoms with Gasteiger partial charge in [-0.2, -0.15) is 5.26 Å². The summed E-state index contributed by atoms with van der Waals surface area (Å²) in [5.74, 6) is -0.588. The van der Waals surface area contributed by atoms with Crippen molar-refractivity contribution in [1.82, 2.24) is 4.90 Å². The monoisotopic (exact) mass is 190 g/mol. The fraction of sp³-hybridized carbons (Fsp3) is 0.750. The van der Waals surface area contributed by atoms with Gasteiger partial charge in [-0.15, -0.1) is 0 Å². The number of halogens is 2. The van der Waals surface area contributed by atoms with Gasteiger partial charge in [0.05, 0.1) is 12.6 Å². The lowest BCUT2D eigenvalue weighted by Gasteiger charge is -2.23. The molecule has 0 aliphatic heterocycles. The molecule has 0 aliphatic rings. The van der Waals surface area contributed by atoms with E-state index in [-0.39, 0.29) is 0 Å². The summed E-state index contributed by atoms with van der Waals surface area (Å²) in [4.78, 5) is 12.2. The van der Waals surface area contributed by atoms with Crippen LogP contribution in [0.25, 0.3) is 0 Å². The molecule has 0 aromatic carbocycles. The fourth-order valence-electron chi connectivity index (χ4n) is 0.815. The maximum absolute atomic E-state index is 11.9. The van der Waals surface area contributed by atoms with Crippen LogP contribution in [-0.2, 0) is 4.79 Å². The summed E-state index contributed by atoms with van der Waals surface area (Å²) in [5, 5.41) is 8.56. The van der Waals surface area contributed by atoms with Crippen molar-refractivity contribution in [2.45, 2.75) is 20.3 Å². The number of rotatable bonds is 3. The van der Waals surface area contributed by atoms with E-state index in [1.807, 2.05) is 0 Å². The normalized spacial score (nSPS) is 11.2. The van der Waals surface area contributed by atoms with E-state index in [2.05, 4.69) is 0 Å². The Morgan fingerprint density at radius 2 is 2.08 bits per heavy atom. The second kappa shape index (κ2) is 4.17. The molecule has 5 heteroatoms. The first kappa shape index (κ1) is 11.8. The highest BCUT2D eigenvalue weighted by molar-refractivity contribution is 5.84. The lowest BCUT2D eigenvalue weighted by Crippen LogP contribution is -2.40. The van der Waals surface area contributed by atoms with Crippen LogP contribution in [-0.4, -0.2) is 30.8 Å². The molecule has 0 aromatic rings. The summed E-state index contributed by atoms with van der Waals surface area (Å²) in [5.41, 5.74) is -1.23. The molecular formula is C8H12F2N2O. The molecule has 0 atom stereocenters. The largest absolute Gasteiger partial charge is 0.339 e. The van der Waals surface area contributed by atoms with Crippen molar-refractivity contribution in [2.24, 2.45) is 5.41 Å². The number of carbonyl (C=O) groups is 1. The lowest BCUT2D eigenvalue weighted by molar-refractivity contribution is -0.137. The first-order chi connectivity index (χ1) is 5.81. The van der Waals surface area contributed by atoms with Gasteiger partial charge in [0, 0.05) is 7.05 Å². The molecule has 0 spiro atoms. The topological polar surface area (TPSA) is 44.1 Å². The summed E-state index contributed by atoms with van der Waals surface area (Å²) in [6.07, 6.45) is -2.57. The average Bonchev–Trinajstić information content (AvgIpc) is 2.01. The summed E-state index contributed by atoms with van der Waals surface area (Å²) in [6, 6.07) is 1.76. The van der Waals surface area contributed by atoms with Gasteiger partial charge in [0.15, 0.2) is 0 Å². The molecule has 0 aromatic heterocycles. The second-order valence-corrected chi connectivity index (χ2v) is 3.31. The molecule has 1 amide bonds. The van der Waals surface area contributed by atoms with Gasteiger partial charge in [-0.1, -0.05) is 0 Å². The van der Waals surface area contributed by atoms with Gasteiger partial charge in [-0.05, 0) is 13.8 Å². The van der Waals surface area contributed by atoms with Crippen LogP contribution in [0.1, 0.15) is 13.8 Å². The van der Waals surface area contributed by atoms with Crippen molar-refractivity contribution in [3.8, 4) is 6.07 Å². The zero-order valence-corrected chi connectivity index (χ0v) is 7.84. The van der Waals surface area contributed by atoms with Gasteiger partial charge < -0.3 is 4.90 Å². The molecule has 0 fully saturated rings. The number of hydrogen-bond acceptors (Lipinski definition) is 2. The number of nitrogens with zero attached hydrogens (tertiary/aromatic N) is 2. The molecule has 74 valence electrons. The van der Waals surface area contributed by atoms with E-state index in [9.17, 15) is 13.6 Å². The summed E-state index contributed by atoms with van der Waals surface area (Å²) in [7, 11) is 1.26. The molecule has 0 aliphatic carbocycles. The Kier molecular flexibility index (Phi) is 3.79. The van der Waals surface area contributed by atoms with Gasteiger partial charge in [-0.25, -0.2) is 8.78 Å². The van der Waals surface area contributed by atoms with Crippen molar-refractivity contribution < 1.29 is 13.6 Å². The third kappa shape index (κ3) is 3.36. The Morgan fingerprint density at radius 1 is 1.62 bits per heavy atom. The number of hydrogen-bond donors (Lipinski definition) is 0. The maximum Gasteiger partial charge on any atom is 0.255 e. The van der Waals surface area contributed by atoms with E-state index in [1.165, 1.54) is 20.9 Å². The van der Waals surface area contributed by atoms with Crippen molar-refractivity contribution in [2.75, 3.05) is 13.6 Å². The van der Waals surface area contributed by atoms with E-state index in [1.54, 1.807) is 6.07 Å². The third-order valence-corrected chi connectivity index (χ3v) is 1.57. The predicted octanol–water partition coefficient (Wildman–Crippen LogP) is 1.26. The van der Waals surface area contributed by atoms with Crippen LogP contribution in [0.5, 0.6) is 0 Å². The maximum atomic E-state index is 11.9. The van der Waals surface area contributed by atoms with Crippen LogP contribution in [0.2, 0.25) is 0 Å². The highest BCUT2D eigenvalue weighted by Crippen LogP contribution is 2.16. The van der Waals surface area contributed by atoms with Crippen molar-refractivity contribution in [3.63, 3.8) is 0 Å². The first-order valence-electron chi connectivity index (χ1n) is 3.76. The van der Waals surface area contributed by atoms with Crippen LogP contribution in [0.3, 0.4) is 0 Å². The number of nitriles is 1. The number of amides is 1. The van der Waals surface area contributed by atoms with Crippen molar-refractivity contribution in [1.29, 1.82) is 5.26 Å². The molecule has 0 radical (unpaired) electrons. The van der Waals surface area contributed by atoms with Gasteiger partial charge in [-0.3, -0.25) is 4.79 Å². The minimum Gasteiger partial charge on any atom is -0.339 e. The minimum absolute atomic E-state index is 0.588. The highest BCUT2D eigenvalue weighted by Gasteiger charge is 2.31. The Bertz CT molecular complexity index is 233. The Balaban J connectivity index is 4.37. The zero-order valence-electron chi connectivity index (χ0n) is 7.84. The number of carbonyl (C=O) groups excluding carboxylic acids is 1. The zero-order chi connectivity index (χ0) is 10.6. The first-order valence-corrected chi connectivity index (χ1v) is 3.76. The smallest absolute Gasteiger partial charge is 0.255 e. The molecule has 0 rings (SSSR count). The van der Waals surface area contributed by atoms with E-state index in [0.717, 1.165) is 4.90 Å². The molecule has 0 unspecified atom stereocenters.